The minimum Gasteiger partial charge on any atom is -0.427 e. The van der Waals surface area contributed by atoms with E-state index in [2.05, 4.69) is 9.36 Å². The van der Waals surface area contributed by atoms with Crippen molar-refractivity contribution in [2.45, 2.75) is 6.92 Å². The van der Waals surface area contributed by atoms with Crippen LogP contribution >= 0.6 is 11.5 Å². The molecule has 72 valence electrons. The molecule has 1 aromatic heterocycles. The Hall–Kier alpha value is -1.62. The van der Waals surface area contributed by atoms with E-state index in [9.17, 15) is 0 Å². The number of nitrogens with two attached hydrogens (primary N) is 1. The zero-order chi connectivity index (χ0) is 9.97. The molecular weight excluding hydrogens is 198 g/mol. The quantitative estimate of drug-likeness (QED) is 0.767. The molecule has 5 heteroatoms. The Labute approximate surface area is 85.5 Å². The summed E-state index contributed by atoms with van der Waals surface area (Å²) in [7, 11) is 0. The third-order valence-corrected chi connectivity index (χ3v) is 2.32. The van der Waals surface area contributed by atoms with Crippen molar-refractivity contribution in [2.75, 3.05) is 5.73 Å². The molecule has 0 fully saturated rings. The third-order valence-electron chi connectivity index (χ3n) is 1.77. The van der Waals surface area contributed by atoms with E-state index in [0.29, 0.717) is 16.6 Å². The van der Waals surface area contributed by atoms with Crippen molar-refractivity contribution >= 4 is 17.2 Å². The van der Waals surface area contributed by atoms with Crippen LogP contribution in [0.1, 0.15) is 5.56 Å². The van der Waals surface area contributed by atoms with Crippen LogP contribution in [0.3, 0.4) is 0 Å². The molecule has 1 heterocycles. The van der Waals surface area contributed by atoms with Gasteiger partial charge in [0.2, 0.25) is 0 Å². The van der Waals surface area contributed by atoms with Gasteiger partial charge in [-0.2, -0.15) is 9.36 Å². The molecule has 0 radical (unpaired) electrons. The number of anilines is 1. The zero-order valence-corrected chi connectivity index (χ0v) is 8.41. The van der Waals surface area contributed by atoms with Gasteiger partial charge in [-0.05, 0) is 18.6 Å². The predicted octanol–water partition coefficient (Wildman–Crippen LogP) is 2.22. The van der Waals surface area contributed by atoms with Crippen LogP contribution in [0.2, 0.25) is 0 Å². The van der Waals surface area contributed by atoms with Crippen LogP contribution in [0.5, 0.6) is 10.9 Å². The molecule has 0 aliphatic carbocycles. The molecule has 0 spiro atoms. The summed E-state index contributed by atoms with van der Waals surface area (Å²) in [6, 6.07) is 5.62. The lowest BCUT2D eigenvalue weighted by Crippen LogP contribution is -1.93. The number of nitrogen functional groups attached to an aromatic ring is 1. The normalized spacial score (nSPS) is 10.1. The fraction of sp³-hybridized carbons (Fsp3) is 0.111. The van der Waals surface area contributed by atoms with Gasteiger partial charge in [0.05, 0.1) is 5.69 Å². The summed E-state index contributed by atoms with van der Waals surface area (Å²) < 4.78 is 9.34. The topological polar surface area (TPSA) is 61.0 Å². The Kier molecular flexibility index (Phi) is 2.32. The highest BCUT2D eigenvalue weighted by Crippen LogP contribution is 2.30. The Balaban J connectivity index is 2.33. The summed E-state index contributed by atoms with van der Waals surface area (Å²) in [5.74, 6) is 0.657. The van der Waals surface area contributed by atoms with Crippen molar-refractivity contribution in [3.63, 3.8) is 0 Å². The van der Waals surface area contributed by atoms with Gasteiger partial charge in [0.1, 0.15) is 6.33 Å². The summed E-state index contributed by atoms with van der Waals surface area (Å²) >= 11 is 1.20. The molecule has 4 nitrogen and oxygen atoms in total. The first-order valence-electron chi connectivity index (χ1n) is 4.07. The number of nitrogens with zero attached hydrogens (tertiary/aromatic N) is 2. The van der Waals surface area contributed by atoms with Crippen LogP contribution in [0.25, 0.3) is 0 Å². The molecule has 2 rings (SSSR count). The molecule has 0 saturated heterocycles. The maximum atomic E-state index is 5.77. The van der Waals surface area contributed by atoms with E-state index in [-0.39, 0.29) is 0 Å². The number of hydrogen-bond donors (Lipinski definition) is 1. The van der Waals surface area contributed by atoms with Crippen molar-refractivity contribution in [3.05, 3.63) is 30.1 Å². The first-order valence-corrected chi connectivity index (χ1v) is 4.84. The van der Waals surface area contributed by atoms with Crippen molar-refractivity contribution in [2.24, 2.45) is 0 Å². The second-order valence-corrected chi connectivity index (χ2v) is 3.55. The summed E-state index contributed by atoms with van der Waals surface area (Å²) in [5.41, 5.74) is 7.37. The maximum absolute atomic E-state index is 5.77. The highest BCUT2D eigenvalue weighted by molar-refractivity contribution is 7.07. The molecule has 0 bridgehead atoms. The number of para-hydroxylation sites is 1. The molecule has 0 unspecified atom stereocenters. The number of aryl methyl sites for hydroxylation is 1. The largest absolute Gasteiger partial charge is 0.427 e. The van der Waals surface area contributed by atoms with Gasteiger partial charge in [0.15, 0.2) is 5.75 Å². The summed E-state index contributed by atoms with van der Waals surface area (Å²) in [4.78, 5) is 3.92. The molecule has 0 aliphatic heterocycles. The van der Waals surface area contributed by atoms with Gasteiger partial charge in [0, 0.05) is 11.5 Å². The SMILES string of the molecule is Cc1cccc(N)c1Oc1ncns1. The molecule has 0 atom stereocenters. The van der Waals surface area contributed by atoms with Crippen LogP contribution in [0.15, 0.2) is 24.5 Å². The van der Waals surface area contributed by atoms with E-state index in [1.165, 1.54) is 17.9 Å². The van der Waals surface area contributed by atoms with Crippen LogP contribution in [0.4, 0.5) is 5.69 Å². The monoisotopic (exact) mass is 207 g/mol. The van der Waals surface area contributed by atoms with Gasteiger partial charge < -0.3 is 10.5 Å². The molecule has 2 aromatic rings. The minimum absolute atomic E-state index is 0.506. The van der Waals surface area contributed by atoms with E-state index in [4.69, 9.17) is 10.5 Å². The van der Waals surface area contributed by atoms with Crippen LogP contribution in [-0.2, 0) is 0 Å². The highest BCUT2D eigenvalue weighted by atomic mass is 32.1. The lowest BCUT2D eigenvalue weighted by Gasteiger charge is -2.07. The fourth-order valence-corrected chi connectivity index (χ4v) is 1.51. The highest BCUT2D eigenvalue weighted by Gasteiger charge is 2.06. The van der Waals surface area contributed by atoms with Gasteiger partial charge in [0.25, 0.3) is 5.19 Å². The number of ether oxygens (including phenoxy) is 1. The van der Waals surface area contributed by atoms with Gasteiger partial charge in [-0.15, -0.1) is 0 Å². The zero-order valence-electron chi connectivity index (χ0n) is 7.60. The average Bonchev–Trinajstić information content (AvgIpc) is 2.64. The van der Waals surface area contributed by atoms with E-state index in [1.54, 1.807) is 6.07 Å². The lowest BCUT2D eigenvalue weighted by molar-refractivity contribution is 0.477. The third kappa shape index (κ3) is 1.67. The smallest absolute Gasteiger partial charge is 0.298 e. The van der Waals surface area contributed by atoms with E-state index in [0.717, 1.165) is 5.56 Å². The standard InChI is InChI=1S/C9H9N3OS/c1-6-3-2-4-7(10)8(6)13-9-11-5-12-14-9/h2-5H,10H2,1H3. The van der Waals surface area contributed by atoms with Crippen LogP contribution in [0, 0.1) is 6.92 Å². The average molecular weight is 207 g/mol. The Morgan fingerprint density at radius 2 is 2.29 bits per heavy atom. The number of hydrogen-bond acceptors (Lipinski definition) is 5. The Morgan fingerprint density at radius 3 is 2.93 bits per heavy atom. The van der Waals surface area contributed by atoms with Crippen molar-refractivity contribution in [3.8, 4) is 10.9 Å². The van der Waals surface area contributed by atoms with Crippen molar-refractivity contribution < 1.29 is 4.74 Å². The fourth-order valence-electron chi connectivity index (χ4n) is 1.11. The Morgan fingerprint density at radius 1 is 1.43 bits per heavy atom. The van der Waals surface area contributed by atoms with Crippen LogP contribution in [-0.4, -0.2) is 9.36 Å². The maximum Gasteiger partial charge on any atom is 0.298 e. The first kappa shape index (κ1) is 8.96. The Bertz CT molecular complexity index is 407. The number of aromatic nitrogens is 2. The lowest BCUT2D eigenvalue weighted by atomic mass is 10.2. The second kappa shape index (κ2) is 3.63. The first-order chi connectivity index (χ1) is 6.77. The minimum atomic E-state index is 0.506. The summed E-state index contributed by atoms with van der Waals surface area (Å²) in [5, 5.41) is 0.506. The van der Waals surface area contributed by atoms with Crippen LogP contribution < -0.4 is 10.5 Å². The van der Waals surface area contributed by atoms with E-state index in [1.807, 2.05) is 19.1 Å². The molecule has 0 saturated carbocycles. The summed E-state index contributed by atoms with van der Waals surface area (Å²) in [6.45, 7) is 1.94. The molecule has 0 amide bonds. The van der Waals surface area contributed by atoms with Gasteiger partial charge >= 0.3 is 0 Å². The van der Waals surface area contributed by atoms with Crippen molar-refractivity contribution in [1.29, 1.82) is 0 Å². The van der Waals surface area contributed by atoms with E-state index < -0.39 is 0 Å². The van der Waals surface area contributed by atoms with Gasteiger partial charge in [-0.1, -0.05) is 12.1 Å². The second-order valence-electron chi connectivity index (χ2n) is 2.80. The predicted molar refractivity (Wildman–Crippen MR) is 55.6 cm³/mol. The molecule has 1 aromatic carbocycles. The number of rotatable bonds is 2. The van der Waals surface area contributed by atoms with Crippen molar-refractivity contribution in [1.82, 2.24) is 9.36 Å². The summed E-state index contributed by atoms with van der Waals surface area (Å²) in [6.07, 6.45) is 1.45. The number of benzene rings is 1. The molecular formula is C9H9N3OS. The van der Waals surface area contributed by atoms with E-state index >= 15 is 0 Å². The van der Waals surface area contributed by atoms with Gasteiger partial charge in [-0.3, -0.25) is 0 Å². The molecule has 2 N–H and O–H groups in total. The molecule has 14 heavy (non-hydrogen) atoms. The van der Waals surface area contributed by atoms with Gasteiger partial charge in [-0.25, -0.2) is 0 Å². The molecule has 0 aliphatic rings.